The summed E-state index contributed by atoms with van der Waals surface area (Å²) in [5.74, 6) is -0.428. The molecule has 5 nitrogen and oxygen atoms in total. The van der Waals surface area contributed by atoms with Crippen LogP contribution in [0.4, 0.5) is 0 Å². The summed E-state index contributed by atoms with van der Waals surface area (Å²) in [5, 5.41) is 2.34. The van der Waals surface area contributed by atoms with Crippen LogP contribution >= 0.6 is 0 Å². The molecule has 0 aliphatic carbocycles. The van der Waals surface area contributed by atoms with Crippen molar-refractivity contribution in [2.24, 2.45) is 0 Å². The van der Waals surface area contributed by atoms with E-state index in [-0.39, 0.29) is 30.2 Å². The summed E-state index contributed by atoms with van der Waals surface area (Å²) < 4.78 is 0. The quantitative estimate of drug-likeness (QED) is 0.851. The van der Waals surface area contributed by atoms with E-state index in [4.69, 9.17) is 0 Å². The number of imide groups is 1. The molecule has 116 valence electrons. The Balaban J connectivity index is 2.00. The van der Waals surface area contributed by atoms with Gasteiger partial charge in [-0.2, -0.15) is 0 Å². The molecule has 2 heterocycles. The maximum Gasteiger partial charge on any atom is 0.255 e. The lowest BCUT2D eigenvalue weighted by atomic mass is 9.91. The molecular weight excluding hydrogens is 280 g/mol. The van der Waals surface area contributed by atoms with Gasteiger partial charge in [-0.15, -0.1) is 0 Å². The molecule has 0 saturated carbocycles. The molecule has 2 aliphatic rings. The number of nitrogens with zero attached hydrogens (tertiary/aromatic N) is 1. The van der Waals surface area contributed by atoms with E-state index < -0.39 is 6.04 Å². The highest BCUT2D eigenvalue weighted by Gasteiger charge is 2.43. The average Bonchev–Trinajstić information content (AvgIpc) is 2.72. The topological polar surface area (TPSA) is 66.5 Å². The van der Waals surface area contributed by atoms with Crippen molar-refractivity contribution in [3.05, 3.63) is 34.9 Å². The van der Waals surface area contributed by atoms with Gasteiger partial charge in [0.2, 0.25) is 11.8 Å². The third kappa shape index (κ3) is 2.12. The molecule has 3 amide bonds. The molecule has 1 N–H and O–H groups in total. The third-order valence-corrected chi connectivity index (χ3v) is 4.61. The summed E-state index contributed by atoms with van der Waals surface area (Å²) >= 11 is 0. The van der Waals surface area contributed by atoms with E-state index in [0.717, 1.165) is 11.1 Å². The summed E-state index contributed by atoms with van der Waals surface area (Å²) in [6.45, 7) is 6.15. The molecule has 1 aromatic carbocycles. The molecule has 0 aromatic heterocycles. The SMILES string of the molecule is CC(C)c1cccc2c1C(C)N(C1CCC(=O)NC1=O)C2=O. The fourth-order valence-electron chi connectivity index (χ4n) is 3.55. The molecule has 2 atom stereocenters. The van der Waals surface area contributed by atoms with Gasteiger partial charge in [-0.05, 0) is 36.5 Å². The van der Waals surface area contributed by atoms with E-state index in [0.29, 0.717) is 17.9 Å². The van der Waals surface area contributed by atoms with E-state index in [1.807, 2.05) is 25.1 Å². The standard InChI is InChI=1S/C17H20N2O3/c1-9(2)11-5-4-6-12-15(11)10(3)19(17(12)22)13-7-8-14(20)18-16(13)21/h4-6,9-10,13H,7-8H2,1-3H3,(H,18,20,21). The Kier molecular flexibility index (Phi) is 3.51. The highest BCUT2D eigenvalue weighted by molar-refractivity contribution is 6.06. The molecule has 5 heteroatoms. The Morgan fingerprint density at radius 2 is 1.95 bits per heavy atom. The molecule has 0 bridgehead atoms. The van der Waals surface area contributed by atoms with Crippen molar-refractivity contribution in [1.29, 1.82) is 0 Å². The van der Waals surface area contributed by atoms with E-state index in [9.17, 15) is 14.4 Å². The van der Waals surface area contributed by atoms with Gasteiger partial charge in [0.15, 0.2) is 0 Å². The molecule has 0 radical (unpaired) electrons. The number of benzene rings is 1. The zero-order valence-electron chi connectivity index (χ0n) is 13.1. The number of hydrogen-bond donors (Lipinski definition) is 1. The Bertz CT molecular complexity index is 666. The lowest BCUT2D eigenvalue weighted by Gasteiger charge is -2.33. The van der Waals surface area contributed by atoms with Crippen LogP contribution < -0.4 is 5.32 Å². The van der Waals surface area contributed by atoms with E-state index in [1.54, 1.807) is 4.90 Å². The van der Waals surface area contributed by atoms with Gasteiger partial charge in [0.1, 0.15) is 6.04 Å². The van der Waals surface area contributed by atoms with Crippen molar-refractivity contribution >= 4 is 17.7 Å². The summed E-state index contributed by atoms with van der Waals surface area (Å²) in [4.78, 5) is 37.9. The summed E-state index contributed by atoms with van der Waals surface area (Å²) in [7, 11) is 0. The summed E-state index contributed by atoms with van der Waals surface area (Å²) in [6, 6.07) is 5.05. The van der Waals surface area contributed by atoms with Gasteiger partial charge in [-0.1, -0.05) is 26.0 Å². The molecule has 3 rings (SSSR count). The van der Waals surface area contributed by atoms with Crippen molar-refractivity contribution in [1.82, 2.24) is 10.2 Å². The minimum atomic E-state index is -0.562. The number of carbonyl (C=O) groups excluding carboxylic acids is 3. The Morgan fingerprint density at radius 1 is 1.23 bits per heavy atom. The number of carbonyl (C=O) groups is 3. The smallest absolute Gasteiger partial charge is 0.255 e. The minimum Gasteiger partial charge on any atom is -0.320 e. The lowest BCUT2D eigenvalue weighted by Crippen LogP contribution is -2.53. The van der Waals surface area contributed by atoms with E-state index >= 15 is 0 Å². The molecule has 2 unspecified atom stereocenters. The van der Waals surface area contributed by atoms with Crippen LogP contribution in [0.3, 0.4) is 0 Å². The zero-order valence-corrected chi connectivity index (χ0v) is 13.1. The second kappa shape index (κ2) is 5.23. The maximum atomic E-state index is 12.8. The van der Waals surface area contributed by atoms with Crippen LogP contribution in [-0.2, 0) is 9.59 Å². The zero-order chi connectivity index (χ0) is 16.0. The number of fused-ring (bicyclic) bond motifs is 1. The number of piperidine rings is 1. The minimum absolute atomic E-state index is 0.112. The van der Waals surface area contributed by atoms with Crippen LogP contribution in [0.5, 0.6) is 0 Å². The van der Waals surface area contributed by atoms with Gasteiger partial charge in [0, 0.05) is 12.0 Å². The fourth-order valence-corrected chi connectivity index (χ4v) is 3.55. The predicted molar refractivity (Wildman–Crippen MR) is 81.3 cm³/mol. The largest absolute Gasteiger partial charge is 0.320 e. The first-order valence-corrected chi connectivity index (χ1v) is 7.71. The molecule has 1 fully saturated rings. The van der Waals surface area contributed by atoms with Crippen molar-refractivity contribution in [3.8, 4) is 0 Å². The highest BCUT2D eigenvalue weighted by atomic mass is 16.2. The first-order chi connectivity index (χ1) is 10.4. The van der Waals surface area contributed by atoms with Crippen molar-refractivity contribution in [3.63, 3.8) is 0 Å². The van der Waals surface area contributed by atoms with Gasteiger partial charge in [0.05, 0.1) is 6.04 Å². The fraction of sp³-hybridized carbons (Fsp3) is 0.471. The van der Waals surface area contributed by atoms with Crippen LogP contribution in [0.1, 0.15) is 67.1 Å². The van der Waals surface area contributed by atoms with Gasteiger partial charge in [-0.25, -0.2) is 0 Å². The Labute approximate surface area is 129 Å². The molecule has 1 saturated heterocycles. The van der Waals surface area contributed by atoms with Gasteiger partial charge >= 0.3 is 0 Å². The first kappa shape index (κ1) is 14.8. The number of hydrogen-bond acceptors (Lipinski definition) is 3. The van der Waals surface area contributed by atoms with Crippen LogP contribution in [0, 0.1) is 0 Å². The van der Waals surface area contributed by atoms with E-state index in [2.05, 4.69) is 19.2 Å². The maximum absolute atomic E-state index is 12.8. The van der Waals surface area contributed by atoms with Gasteiger partial charge in [-0.3, -0.25) is 19.7 Å². The van der Waals surface area contributed by atoms with Crippen molar-refractivity contribution < 1.29 is 14.4 Å². The lowest BCUT2D eigenvalue weighted by molar-refractivity contribution is -0.137. The van der Waals surface area contributed by atoms with Crippen LogP contribution in [0.25, 0.3) is 0 Å². The second-order valence-corrected chi connectivity index (χ2v) is 6.32. The molecule has 2 aliphatic heterocycles. The number of amides is 3. The molecular formula is C17H20N2O3. The number of rotatable bonds is 2. The summed E-state index contributed by atoms with van der Waals surface area (Å²) in [6.07, 6.45) is 0.673. The molecule has 22 heavy (non-hydrogen) atoms. The van der Waals surface area contributed by atoms with Gasteiger partial charge in [0.25, 0.3) is 5.91 Å². The van der Waals surface area contributed by atoms with Crippen LogP contribution in [0.15, 0.2) is 18.2 Å². The summed E-state index contributed by atoms with van der Waals surface area (Å²) in [5.41, 5.74) is 2.85. The monoisotopic (exact) mass is 300 g/mol. The normalized spacial score (nSPS) is 24.7. The predicted octanol–water partition coefficient (Wildman–Crippen LogP) is 2.13. The van der Waals surface area contributed by atoms with E-state index in [1.165, 1.54) is 0 Å². The average molecular weight is 300 g/mol. The van der Waals surface area contributed by atoms with Crippen LogP contribution in [-0.4, -0.2) is 28.7 Å². The van der Waals surface area contributed by atoms with Gasteiger partial charge < -0.3 is 4.90 Å². The third-order valence-electron chi connectivity index (χ3n) is 4.61. The van der Waals surface area contributed by atoms with Crippen LogP contribution in [0.2, 0.25) is 0 Å². The Morgan fingerprint density at radius 3 is 2.59 bits per heavy atom. The number of nitrogens with one attached hydrogen (secondary N) is 1. The van der Waals surface area contributed by atoms with Crippen molar-refractivity contribution in [2.75, 3.05) is 0 Å². The first-order valence-electron chi connectivity index (χ1n) is 7.71. The Hall–Kier alpha value is -2.17. The van der Waals surface area contributed by atoms with Crippen molar-refractivity contribution in [2.45, 2.75) is 51.6 Å². The highest BCUT2D eigenvalue weighted by Crippen LogP contribution is 2.40. The second-order valence-electron chi connectivity index (χ2n) is 6.32. The molecule has 1 aromatic rings. The molecule has 0 spiro atoms.